The van der Waals surface area contributed by atoms with Crippen molar-refractivity contribution in [2.75, 3.05) is 7.11 Å². The molecule has 0 aliphatic rings. The van der Waals surface area contributed by atoms with E-state index in [1.807, 2.05) is 6.92 Å². The molecule has 0 saturated carbocycles. The van der Waals surface area contributed by atoms with Crippen molar-refractivity contribution >= 4 is 5.69 Å². The lowest BCUT2D eigenvalue weighted by molar-refractivity contribution is -0.385. The minimum absolute atomic E-state index is 0.0223. The Kier molecular flexibility index (Phi) is 3.62. The number of nitro benzene ring substituents is 1. The summed E-state index contributed by atoms with van der Waals surface area (Å²) in [4.78, 5) is 10.2. The molecule has 0 bridgehead atoms. The second kappa shape index (κ2) is 4.75. The van der Waals surface area contributed by atoms with Crippen LogP contribution in [0.15, 0.2) is 18.2 Å². The van der Waals surface area contributed by atoms with Crippen molar-refractivity contribution in [1.29, 1.82) is 0 Å². The smallest absolute Gasteiger partial charge is 0.310 e. The van der Waals surface area contributed by atoms with Crippen molar-refractivity contribution in [3.05, 3.63) is 33.9 Å². The normalized spacial score (nSPS) is 12.2. The van der Waals surface area contributed by atoms with Gasteiger partial charge >= 0.3 is 5.69 Å². The number of nitrogens with two attached hydrogens (primary N) is 1. The van der Waals surface area contributed by atoms with Gasteiger partial charge in [-0.25, -0.2) is 0 Å². The molecular weight excluding hydrogens is 196 g/mol. The minimum atomic E-state index is -0.464. The number of hydrogen-bond acceptors (Lipinski definition) is 4. The molecule has 0 aliphatic heterocycles. The van der Waals surface area contributed by atoms with E-state index < -0.39 is 4.92 Å². The Hall–Kier alpha value is -1.62. The van der Waals surface area contributed by atoms with Crippen molar-refractivity contribution in [2.24, 2.45) is 5.73 Å². The summed E-state index contributed by atoms with van der Waals surface area (Å²) in [6.07, 6.45) is 0.675. The van der Waals surface area contributed by atoms with Gasteiger partial charge in [-0.1, -0.05) is 6.07 Å². The molecule has 1 rings (SSSR count). The number of benzene rings is 1. The summed E-state index contributed by atoms with van der Waals surface area (Å²) in [6.45, 7) is 1.88. The predicted octanol–water partition coefficient (Wildman–Crippen LogP) is 1.49. The van der Waals surface area contributed by atoms with E-state index in [1.165, 1.54) is 13.2 Å². The van der Waals surface area contributed by atoms with Crippen LogP contribution in [0.1, 0.15) is 12.5 Å². The Balaban J connectivity index is 3.02. The van der Waals surface area contributed by atoms with Crippen LogP contribution < -0.4 is 10.5 Å². The molecule has 5 nitrogen and oxygen atoms in total. The molecule has 0 saturated heterocycles. The number of ether oxygens (including phenoxy) is 1. The lowest BCUT2D eigenvalue weighted by Crippen LogP contribution is -2.17. The number of rotatable bonds is 4. The zero-order chi connectivity index (χ0) is 11.4. The fourth-order valence-corrected chi connectivity index (χ4v) is 1.37. The maximum absolute atomic E-state index is 10.6. The SMILES string of the molecule is COc1cc(C[C@@H](C)N)ccc1[N+](=O)[O-]. The number of nitrogens with zero attached hydrogens (tertiary/aromatic N) is 1. The van der Waals surface area contributed by atoms with Gasteiger partial charge in [0.25, 0.3) is 0 Å². The molecule has 0 radical (unpaired) electrons. The monoisotopic (exact) mass is 210 g/mol. The zero-order valence-corrected chi connectivity index (χ0v) is 8.77. The molecule has 82 valence electrons. The lowest BCUT2D eigenvalue weighted by atomic mass is 10.1. The Morgan fingerprint density at radius 2 is 2.27 bits per heavy atom. The fourth-order valence-electron chi connectivity index (χ4n) is 1.37. The van der Waals surface area contributed by atoms with Crippen LogP contribution in [-0.2, 0) is 6.42 Å². The van der Waals surface area contributed by atoms with Crippen LogP contribution in [0, 0.1) is 10.1 Å². The summed E-state index contributed by atoms with van der Waals surface area (Å²) in [7, 11) is 1.41. The number of hydrogen-bond donors (Lipinski definition) is 1. The summed E-state index contributed by atoms with van der Waals surface area (Å²) >= 11 is 0. The summed E-state index contributed by atoms with van der Waals surface area (Å²) < 4.78 is 4.95. The Morgan fingerprint density at radius 1 is 1.60 bits per heavy atom. The molecule has 1 aromatic rings. The van der Waals surface area contributed by atoms with Crippen LogP contribution in [0.25, 0.3) is 0 Å². The van der Waals surface area contributed by atoms with Crippen molar-refractivity contribution in [3.8, 4) is 5.75 Å². The van der Waals surface area contributed by atoms with E-state index in [-0.39, 0.29) is 17.5 Å². The standard InChI is InChI=1S/C10H14N2O3/c1-7(11)5-8-3-4-9(12(13)14)10(6-8)15-2/h3-4,6-7H,5,11H2,1-2H3/t7-/m1/s1. The van der Waals surface area contributed by atoms with Crippen molar-refractivity contribution in [3.63, 3.8) is 0 Å². The minimum Gasteiger partial charge on any atom is -0.490 e. The molecule has 0 heterocycles. The average molecular weight is 210 g/mol. The average Bonchev–Trinajstić information content (AvgIpc) is 2.16. The third-order valence-corrected chi connectivity index (χ3v) is 2.00. The maximum atomic E-state index is 10.6. The highest BCUT2D eigenvalue weighted by atomic mass is 16.6. The van der Waals surface area contributed by atoms with E-state index in [0.29, 0.717) is 6.42 Å². The first-order valence-corrected chi connectivity index (χ1v) is 4.61. The van der Waals surface area contributed by atoms with Gasteiger partial charge in [-0.3, -0.25) is 10.1 Å². The van der Waals surface area contributed by atoms with Gasteiger partial charge in [0.2, 0.25) is 0 Å². The predicted molar refractivity (Wildman–Crippen MR) is 57.0 cm³/mol. The third kappa shape index (κ3) is 2.92. The maximum Gasteiger partial charge on any atom is 0.310 e. The molecule has 0 aromatic heterocycles. The van der Waals surface area contributed by atoms with Crippen molar-refractivity contribution < 1.29 is 9.66 Å². The third-order valence-electron chi connectivity index (χ3n) is 2.00. The zero-order valence-electron chi connectivity index (χ0n) is 8.77. The molecule has 2 N–H and O–H groups in total. The van der Waals surface area contributed by atoms with Crippen molar-refractivity contribution in [1.82, 2.24) is 0 Å². The molecule has 0 fully saturated rings. The Bertz CT molecular complexity index is 364. The van der Waals surface area contributed by atoms with Crippen LogP contribution in [-0.4, -0.2) is 18.1 Å². The highest BCUT2D eigenvalue weighted by Crippen LogP contribution is 2.27. The Labute approximate surface area is 88.0 Å². The van der Waals surface area contributed by atoms with Crippen LogP contribution in [0.3, 0.4) is 0 Å². The van der Waals surface area contributed by atoms with E-state index in [1.54, 1.807) is 12.1 Å². The molecule has 5 heteroatoms. The molecule has 1 atom stereocenters. The first-order chi connectivity index (χ1) is 7.04. The summed E-state index contributed by atoms with van der Waals surface area (Å²) in [5.74, 6) is 0.276. The molecular formula is C10H14N2O3. The van der Waals surface area contributed by atoms with Crippen LogP contribution in [0.2, 0.25) is 0 Å². The summed E-state index contributed by atoms with van der Waals surface area (Å²) in [5.41, 5.74) is 6.55. The van der Waals surface area contributed by atoms with Gasteiger partial charge in [0.1, 0.15) is 0 Å². The Morgan fingerprint density at radius 3 is 2.73 bits per heavy atom. The summed E-state index contributed by atoms with van der Waals surface area (Å²) in [5, 5.41) is 10.6. The van der Waals surface area contributed by atoms with Gasteiger partial charge in [0, 0.05) is 12.1 Å². The van der Waals surface area contributed by atoms with E-state index >= 15 is 0 Å². The summed E-state index contributed by atoms with van der Waals surface area (Å²) in [6, 6.07) is 4.82. The molecule has 0 amide bonds. The van der Waals surface area contributed by atoms with Gasteiger partial charge in [-0.15, -0.1) is 0 Å². The van der Waals surface area contributed by atoms with Crippen LogP contribution >= 0.6 is 0 Å². The van der Waals surface area contributed by atoms with Crippen molar-refractivity contribution in [2.45, 2.75) is 19.4 Å². The first-order valence-electron chi connectivity index (χ1n) is 4.61. The lowest BCUT2D eigenvalue weighted by Gasteiger charge is -2.07. The molecule has 0 spiro atoms. The van der Waals surface area contributed by atoms with E-state index in [4.69, 9.17) is 10.5 Å². The molecule has 0 unspecified atom stereocenters. The highest BCUT2D eigenvalue weighted by Gasteiger charge is 2.14. The van der Waals surface area contributed by atoms with Gasteiger partial charge in [-0.2, -0.15) is 0 Å². The molecule has 1 aromatic carbocycles. The van der Waals surface area contributed by atoms with Gasteiger partial charge in [-0.05, 0) is 25.0 Å². The van der Waals surface area contributed by atoms with Gasteiger partial charge in [0.05, 0.1) is 12.0 Å². The van der Waals surface area contributed by atoms with E-state index in [0.717, 1.165) is 5.56 Å². The number of methoxy groups -OCH3 is 1. The highest BCUT2D eigenvalue weighted by molar-refractivity contribution is 5.48. The molecule has 15 heavy (non-hydrogen) atoms. The molecule has 0 aliphatic carbocycles. The quantitative estimate of drug-likeness (QED) is 0.603. The van der Waals surface area contributed by atoms with Crippen LogP contribution in [0.4, 0.5) is 5.69 Å². The van der Waals surface area contributed by atoms with E-state index in [2.05, 4.69) is 0 Å². The first kappa shape index (κ1) is 11.5. The van der Waals surface area contributed by atoms with Crippen LogP contribution in [0.5, 0.6) is 5.75 Å². The number of nitro groups is 1. The second-order valence-corrected chi connectivity index (χ2v) is 3.44. The second-order valence-electron chi connectivity index (χ2n) is 3.44. The fraction of sp³-hybridized carbons (Fsp3) is 0.400. The largest absolute Gasteiger partial charge is 0.490 e. The van der Waals surface area contributed by atoms with E-state index in [9.17, 15) is 10.1 Å². The topological polar surface area (TPSA) is 78.4 Å². The van der Waals surface area contributed by atoms with Gasteiger partial charge in [0.15, 0.2) is 5.75 Å². The van der Waals surface area contributed by atoms with Gasteiger partial charge < -0.3 is 10.5 Å².